The fourth-order valence-electron chi connectivity index (χ4n) is 4.06. The summed E-state index contributed by atoms with van der Waals surface area (Å²) in [7, 11) is 0. The molecule has 7 heteroatoms. The minimum atomic E-state index is -0.638. The molecular formula is C22H28N2O5. The lowest BCUT2D eigenvalue weighted by Crippen LogP contribution is -2.43. The molecule has 1 aliphatic heterocycles. The molecule has 0 bridgehead atoms. The molecule has 0 radical (unpaired) electrons. The summed E-state index contributed by atoms with van der Waals surface area (Å²) in [6.45, 7) is 6.38. The van der Waals surface area contributed by atoms with Gasteiger partial charge in [-0.2, -0.15) is 0 Å². The lowest BCUT2D eigenvalue weighted by molar-refractivity contribution is -0.127. The molecule has 0 saturated carbocycles. The largest absolute Gasteiger partial charge is 0.481 e. The molecule has 2 heterocycles. The van der Waals surface area contributed by atoms with Crippen LogP contribution >= 0.6 is 0 Å². The summed E-state index contributed by atoms with van der Waals surface area (Å²) >= 11 is 0. The zero-order valence-electron chi connectivity index (χ0n) is 16.9. The zero-order chi connectivity index (χ0) is 20.2. The van der Waals surface area contributed by atoms with Gasteiger partial charge in [-0.25, -0.2) is 4.79 Å². The van der Waals surface area contributed by atoms with Crippen molar-refractivity contribution >= 4 is 16.9 Å². The molecule has 1 aliphatic carbocycles. The summed E-state index contributed by atoms with van der Waals surface area (Å²) in [6, 6.07) is 5.48. The Morgan fingerprint density at radius 1 is 1.21 bits per heavy atom. The molecule has 1 atom stereocenters. The number of hydrogen-bond donors (Lipinski definition) is 1. The molecule has 1 amide bonds. The fraction of sp³-hybridized carbons (Fsp3) is 0.545. The molecular weight excluding hydrogens is 372 g/mol. The smallest absolute Gasteiger partial charge is 0.339 e. The van der Waals surface area contributed by atoms with E-state index in [0.29, 0.717) is 17.9 Å². The molecule has 1 fully saturated rings. The van der Waals surface area contributed by atoms with Crippen molar-refractivity contribution in [2.45, 2.75) is 38.7 Å². The first kappa shape index (κ1) is 19.9. The average Bonchev–Trinajstić information content (AvgIpc) is 2.74. The number of nitrogens with zero attached hydrogens (tertiary/aromatic N) is 1. The highest BCUT2D eigenvalue weighted by Crippen LogP contribution is 2.29. The Kier molecular flexibility index (Phi) is 6.16. The number of hydrogen-bond acceptors (Lipinski definition) is 6. The summed E-state index contributed by atoms with van der Waals surface area (Å²) in [4.78, 5) is 26.9. The van der Waals surface area contributed by atoms with Crippen molar-refractivity contribution in [3.63, 3.8) is 0 Å². The van der Waals surface area contributed by atoms with Crippen LogP contribution in [0.15, 0.2) is 27.4 Å². The predicted octanol–water partition coefficient (Wildman–Crippen LogP) is 1.89. The van der Waals surface area contributed by atoms with Gasteiger partial charge in [0, 0.05) is 43.2 Å². The van der Waals surface area contributed by atoms with Gasteiger partial charge >= 0.3 is 5.63 Å². The van der Waals surface area contributed by atoms with E-state index < -0.39 is 6.10 Å². The summed E-state index contributed by atoms with van der Waals surface area (Å²) in [5, 5.41) is 3.88. The maximum atomic E-state index is 12.3. The van der Waals surface area contributed by atoms with Gasteiger partial charge in [0.15, 0.2) is 6.10 Å². The molecule has 1 unspecified atom stereocenters. The third kappa shape index (κ3) is 4.62. The molecule has 2 aromatic rings. The molecule has 0 spiro atoms. The Bertz CT molecular complexity index is 933. The second-order valence-electron chi connectivity index (χ2n) is 7.72. The SMILES string of the molecule is CC(Oc1ccc2c3c(c(=O)oc2c1)CCCC3)C(=O)NCCN1CCOCC1. The third-order valence-electron chi connectivity index (χ3n) is 5.71. The Balaban J connectivity index is 1.38. The van der Waals surface area contributed by atoms with Gasteiger partial charge in [0.1, 0.15) is 11.3 Å². The average molecular weight is 400 g/mol. The Morgan fingerprint density at radius 2 is 1.97 bits per heavy atom. The first-order valence-electron chi connectivity index (χ1n) is 10.4. The predicted molar refractivity (Wildman–Crippen MR) is 109 cm³/mol. The lowest BCUT2D eigenvalue weighted by Gasteiger charge is -2.26. The summed E-state index contributed by atoms with van der Waals surface area (Å²) < 4.78 is 16.7. The summed E-state index contributed by atoms with van der Waals surface area (Å²) in [5.74, 6) is 0.359. The monoisotopic (exact) mass is 400 g/mol. The molecule has 29 heavy (non-hydrogen) atoms. The van der Waals surface area contributed by atoms with Crippen LogP contribution in [-0.2, 0) is 22.4 Å². The van der Waals surface area contributed by atoms with E-state index in [-0.39, 0.29) is 11.5 Å². The van der Waals surface area contributed by atoms with Crippen LogP contribution in [0.4, 0.5) is 0 Å². The molecule has 156 valence electrons. The second-order valence-corrected chi connectivity index (χ2v) is 7.72. The maximum absolute atomic E-state index is 12.3. The number of ether oxygens (including phenoxy) is 2. The van der Waals surface area contributed by atoms with Crippen LogP contribution < -0.4 is 15.7 Å². The van der Waals surface area contributed by atoms with E-state index in [1.165, 1.54) is 0 Å². The number of aryl methyl sites for hydroxylation is 1. The topological polar surface area (TPSA) is 81.0 Å². The highest BCUT2D eigenvalue weighted by molar-refractivity contribution is 5.83. The van der Waals surface area contributed by atoms with Crippen LogP contribution in [0.1, 0.15) is 30.9 Å². The standard InChI is InChI=1S/C22H28N2O5/c1-15(21(25)23-8-9-24-10-12-27-13-11-24)28-16-6-7-18-17-4-2-3-5-19(17)22(26)29-20(18)14-16/h6-7,14-15H,2-5,8-13H2,1H3,(H,23,25). The van der Waals surface area contributed by atoms with Gasteiger partial charge in [-0.05, 0) is 50.3 Å². The first-order valence-corrected chi connectivity index (χ1v) is 10.4. The Labute approximate surface area is 170 Å². The van der Waals surface area contributed by atoms with Crippen LogP contribution in [0.25, 0.3) is 11.0 Å². The van der Waals surface area contributed by atoms with E-state index in [1.54, 1.807) is 13.0 Å². The number of carbonyl (C=O) groups is 1. The van der Waals surface area contributed by atoms with Gasteiger partial charge in [0.05, 0.1) is 13.2 Å². The van der Waals surface area contributed by atoms with Crippen molar-refractivity contribution in [2.75, 3.05) is 39.4 Å². The molecule has 7 nitrogen and oxygen atoms in total. The highest BCUT2D eigenvalue weighted by Gasteiger charge is 2.20. The van der Waals surface area contributed by atoms with Gasteiger partial charge in [-0.15, -0.1) is 0 Å². The number of morpholine rings is 1. The number of rotatable bonds is 6. The van der Waals surface area contributed by atoms with Crippen molar-refractivity contribution in [3.8, 4) is 5.75 Å². The van der Waals surface area contributed by atoms with Crippen LogP contribution in [0.2, 0.25) is 0 Å². The summed E-state index contributed by atoms with van der Waals surface area (Å²) in [6.07, 6.45) is 3.17. The molecule has 1 N–H and O–H groups in total. The van der Waals surface area contributed by atoms with E-state index in [4.69, 9.17) is 13.9 Å². The molecule has 4 rings (SSSR count). The van der Waals surface area contributed by atoms with Crippen LogP contribution in [0.3, 0.4) is 0 Å². The van der Waals surface area contributed by atoms with Crippen molar-refractivity contribution in [1.82, 2.24) is 10.2 Å². The number of carbonyl (C=O) groups excluding carboxylic acids is 1. The van der Waals surface area contributed by atoms with E-state index in [2.05, 4.69) is 10.2 Å². The summed E-state index contributed by atoms with van der Waals surface area (Å²) in [5.41, 5.74) is 2.18. The van der Waals surface area contributed by atoms with E-state index in [0.717, 1.165) is 75.0 Å². The Hall–Kier alpha value is -2.38. The van der Waals surface area contributed by atoms with Gasteiger partial charge in [0.2, 0.25) is 0 Å². The van der Waals surface area contributed by atoms with Gasteiger partial charge in [-0.1, -0.05) is 0 Å². The van der Waals surface area contributed by atoms with Crippen molar-refractivity contribution < 1.29 is 18.7 Å². The van der Waals surface area contributed by atoms with Gasteiger partial charge in [-0.3, -0.25) is 9.69 Å². The molecule has 1 saturated heterocycles. The number of benzene rings is 1. The van der Waals surface area contributed by atoms with Gasteiger partial charge in [0.25, 0.3) is 5.91 Å². The zero-order valence-corrected chi connectivity index (χ0v) is 16.9. The fourth-order valence-corrected chi connectivity index (χ4v) is 4.06. The number of nitrogens with one attached hydrogen (secondary N) is 1. The van der Waals surface area contributed by atoms with Crippen molar-refractivity contribution in [2.24, 2.45) is 0 Å². The molecule has 2 aliphatic rings. The van der Waals surface area contributed by atoms with E-state index in [9.17, 15) is 9.59 Å². The van der Waals surface area contributed by atoms with Crippen LogP contribution in [0, 0.1) is 0 Å². The van der Waals surface area contributed by atoms with Crippen molar-refractivity contribution in [1.29, 1.82) is 0 Å². The normalized spacial score (nSPS) is 18.2. The van der Waals surface area contributed by atoms with Gasteiger partial charge < -0.3 is 19.2 Å². The quantitative estimate of drug-likeness (QED) is 0.746. The first-order chi connectivity index (χ1) is 14.1. The van der Waals surface area contributed by atoms with Crippen molar-refractivity contribution in [3.05, 3.63) is 39.7 Å². The number of fused-ring (bicyclic) bond motifs is 3. The van der Waals surface area contributed by atoms with Crippen LogP contribution in [-0.4, -0.2) is 56.3 Å². The minimum Gasteiger partial charge on any atom is -0.481 e. The second kappa shape index (κ2) is 8.97. The highest BCUT2D eigenvalue weighted by atomic mass is 16.5. The minimum absolute atomic E-state index is 0.162. The molecule has 1 aromatic carbocycles. The lowest BCUT2D eigenvalue weighted by atomic mass is 9.91. The molecule has 1 aromatic heterocycles. The third-order valence-corrected chi connectivity index (χ3v) is 5.71. The Morgan fingerprint density at radius 3 is 2.76 bits per heavy atom. The van der Waals surface area contributed by atoms with Crippen LogP contribution in [0.5, 0.6) is 5.75 Å². The van der Waals surface area contributed by atoms with E-state index in [1.807, 2.05) is 12.1 Å². The maximum Gasteiger partial charge on any atom is 0.339 e. The number of amides is 1. The van der Waals surface area contributed by atoms with E-state index >= 15 is 0 Å².